The van der Waals surface area contributed by atoms with E-state index in [4.69, 9.17) is 4.74 Å². The number of aliphatic hydroxyl groups excluding tert-OH is 1. The van der Waals surface area contributed by atoms with Crippen LogP contribution in [0.5, 0.6) is 5.75 Å². The molecular formula is C21H27NO2. The second-order valence-corrected chi connectivity index (χ2v) is 5.93. The Morgan fingerprint density at radius 1 is 1.00 bits per heavy atom. The van der Waals surface area contributed by atoms with Crippen molar-refractivity contribution in [3.05, 3.63) is 59.9 Å². The van der Waals surface area contributed by atoms with Gasteiger partial charge < -0.3 is 9.84 Å². The molecule has 2 aromatic rings. The first kappa shape index (κ1) is 18.1. The number of hydrogen-bond acceptors (Lipinski definition) is 3. The third kappa shape index (κ3) is 6.45. The minimum Gasteiger partial charge on any atom is -0.507 e. The number of ether oxygens (including phenoxy) is 1. The van der Waals surface area contributed by atoms with Crippen LogP contribution < -0.4 is 4.74 Å². The van der Waals surface area contributed by atoms with E-state index in [0.29, 0.717) is 5.69 Å². The summed E-state index contributed by atoms with van der Waals surface area (Å²) in [5.74, 6) is 0.990. The molecule has 24 heavy (non-hydrogen) atoms. The Kier molecular flexibility index (Phi) is 7.88. The Labute approximate surface area is 145 Å². The monoisotopic (exact) mass is 325 g/mol. The van der Waals surface area contributed by atoms with E-state index in [0.717, 1.165) is 24.3 Å². The van der Waals surface area contributed by atoms with Gasteiger partial charge in [0.1, 0.15) is 11.5 Å². The largest absolute Gasteiger partial charge is 0.507 e. The summed E-state index contributed by atoms with van der Waals surface area (Å²) >= 11 is 0. The molecule has 0 radical (unpaired) electrons. The number of aromatic nitrogens is 1. The number of hydrogen-bond donors (Lipinski definition) is 1. The van der Waals surface area contributed by atoms with E-state index in [1.54, 1.807) is 12.3 Å². The molecule has 3 nitrogen and oxygen atoms in total. The van der Waals surface area contributed by atoms with Crippen molar-refractivity contribution >= 4 is 11.8 Å². The molecule has 0 aliphatic heterocycles. The Hall–Kier alpha value is -2.29. The van der Waals surface area contributed by atoms with Crippen LogP contribution >= 0.6 is 0 Å². The zero-order chi connectivity index (χ0) is 17.0. The molecule has 2 rings (SSSR count). The molecule has 1 aromatic heterocycles. The molecule has 1 heterocycles. The summed E-state index contributed by atoms with van der Waals surface area (Å²) in [6.45, 7) is 2.97. The summed E-state index contributed by atoms with van der Waals surface area (Å²) in [5, 5.41) is 10.1. The molecule has 3 heteroatoms. The van der Waals surface area contributed by atoms with Gasteiger partial charge in [0.05, 0.1) is 18.5 Å². The van der Waals surface area contributed by atoms with Crippen molar-refractivity contribution < 1.29 is 9.84 Å². The van der Waals surface area contributed by atoms with Gasteiger partial charge >= 0.3 is 0 Å². The van der Waals surface area contributed by atoms with Crippen molar-refractivity contribution in [3.8, 4) is 5.75 Å². The molecular weight excluding hydrogens is 298 g/mol. The third-order valence-corrected chi connectivity index (χ3v) is 3.88. The fourth-order valence-electron chi connectivity index (χ4n) is 2.47. The van der Waals surface area contributed by atoms with Crippen molar-refractivity contribution in [2.45, 2.75) is 45.4 Å². The zero-order valence-electron chi connectivity index (χ0n) is 14.4. The van der Waals surface area contributed by atoms with Crippen LogP contribution in [0, 0.1) is 0 Å². The average molecular weight is 325 g/mol. The molecule has 0 aliphatic carbocycles. The molecule has 0 aliphatic rings. The molecule has 0 saturated heterocycles. The number of benzene rings is 1. The van der Waals surface area contributed by atoms with Crippen LogP contribution in [0.1, 0.15) is 56.7 Å². The summed E-state index contributed by atoms with van der Waals surface area (Å²) in [6, 6.07) is 13.2. The van der Waals surface area contributed by atoms with Gasteiger partial charge in [-0.1, -0.05) is 69.4 Å². The molecule has 0 amide bonds. The van der Waals surface area contributed by atoms with E-state index in [1.165, 1.54) is 32.1 Å². The van der Waals surface area contributed by atoms with E-state index in [2.05, 4.69) is 11.9 Å². The van der Waals surface area contributed by atoms with Crippen LogP contribution in [0.2, 0.25) is 0 Å². The van der Waals surface area contributed by atoms with Crippen molar-refractivity contribution in [2.24, 2.45) is 0 Å². The van der Waals surface area contributed by atoms with E-state index in [-0.39, 0.29) is 5.76 Å². The zero-order valence-corrected chi connectivity index (χ0v) is 14.4. The van der Waals surface area contributed by atoms with Gasteiger partial charge in [0.25, 0.3) is 0 Å². The fourth-order valence-corrected chi connectivity index (χ4v) is 2.47. The summed E-state index contributed by atoms with van der Waals surface area (Å²) < 4.78 is 5.71. The van der Waals surface area contributed by atoms with Gasteiger partial charge in [0, 0.05) is 11.6 Å². The highest BCUT2D eigenvalue weighted by molar-refractivity contribution is 5.75. The Morgan fingerprint density at radius 2 is 1.75 bits per heavy atom. The van der Waals surface area contributed by atoms with Crippen LogP contribution in [0.15, 0.2) is 48.7 Å². The summed E-state index contributed by atoms with van der Waals surface area (Å²) in [4.78, 5) is 4.32. The molecule has 0 fully saturated rings. The first-order chi connectivity index (χ1) is 11.8. The molecule has 0 unspecified atom stereocenters. The van der Waals surface area contributed by atoms with E-state index in [9.17, 15) is 5.11 Å². The van der Waals surface area contributed by atoms with Crippen LogP contribution in [0.4, 0.5) is 0 Å². The van der Waals surface area contributed by atoms with Gasteiger partial charge in [-0.25, -0.2) is 0 Å². The molecule has 0 spiro atoms. The van der Waals surface area contributed by atoms with Crippen LogP contribution in [0.3, 0.4) is 0 Å². The van der Waals surface area contributed by atoms with Crippen LogP contribution in [-0.4, -0.2) is 16.7 Å². The molecule has 0 atom stereocenters. The fraction of sp³-hybridized carbons (Fsp3) is 0.381. The predicted octanol–water partition coefficient (Wildman–Crippen LogP) is 5.88. The molecule has 0 bridgehead atoms. The minimum absolute atomic E-state index is 0.212. The third-order valence-electron chi connectivity index (χ3n) is 3.88. The highest BCUT2D eigenvalue weighted by atomic mass is 16.5. The van der Waals surface area contributed by atoms with Crippen molar-refractivity contribution in [3.63, 3.8) is 0 Å². The molecule has 0 saturated carbocycles. The van der Waals surface area contributed by atoms with Gasteiger partial charge in [-0.2, -0.15) is 0 Å². The average Bonchev–Trinajstić information content (AvgIpc) is 2.63. The number of pyridine rings is 1. The van der Waals surface area contributed by atoms with E-state index >= 15 is 0 Å². The summed E-state index contributed by atoms with van der Waals surface area (Å²) in [5.41, 5.74) is 1.49. The van der Waals surface area contributed by atoms with E-state index < -0.39 is 0 Å². The first-order valence-corrected chi connectivity index (χ1v) is 8.84. The lowest BCUT2D eigenvalue weighted by Gasteiger charge is -2.06. The maximum Gasteiger partial charge on any atom is 0.137 e. The lowest BCUT2D eigenvalue weighted by atomic mass is 10.1. The topological polar surface area (TPSA) is 42.4 Å². The van der Waals surface area contributed by atoms with Gasteiger partial charge in [-0.3, -0.25) is 4.98 Å². The van der Waals surface area contributed by atoms with Crippen molar-refractivity contribution in [1.29, 1.82) is 0 Å². The molecule has 1 N–H and O–H groups in total. The number of aliphatic hydroxyl groups is 1. The SMILES string of the molecule is CCCCCCCCOc1ccc(/C=C(/O)c2ccccc2)nc1. The molecule has 1 aromatic carbocycles. The smallest absolute Gasteiger partial charge is 0.137 e. The van der Waals surface area contributed by atoms with Gasteiger partial charge in [-0.05, 0) is 18.6 Å². The second-order valence-electron chi connectivity index (χ2n) is 5.93. The summed E-state index contributed by atoms with van der Waals surface area (Å²) in [7, 11) is 0. The van der Waals surface area contributed by atoms with E-state index in [1.807, 2.05) is 42.5 Å². The van der Waals surface area contributed by atoms with Gasteiger partial charge in [0.15, 0.2) is 0 Å². The highest BCUT2D eigenvalue weighted by Crippen LogP contribution is 2.16. The van der Waals surface area contributed by atoms with Gasteiger partial charge in [0.2, 0.25) is 0 Å². The lowest BCUT2D eigenvalue weighted by molar-refractivity contribution is 0.303. The maximum absolute atomic E-state index is 10.1. The predicted molar refractivity (Wildman–Crippen MR) is 100 cm³/mol. The number of nitrogens with zero attached hydrogens (tertiary/aromatic N) is 1. The minimum atomic E-state index is 0.212. The van der Waals surface area contributed by atoms with Gasteiger partial charge in [-0.15, -0.1) is 0 Å². The lowest BCUT2D eigenvalue weighted by Crippen LogP contribution is -1.98. The van der Waals surface area contributed by atoms with Crippen LogP contribution in [0.25, 0.3) is 11.8 Å². The second kappa shape index (κ2) is 10.5. The molecule has 128 valence electrons. The Balaban J connectivity index is 1.76. The Bertz CT molecular complexity index is 605. The standard InChI is InChI=1S/C21H27NO2/c1-2-3-4-5-6-10-15-24-20-14-13-19(22-17-20)16-21(23)18-11-8-7-9-12-18/h7-9,11-14,16-17,23H,2-6,10,15H2,1H3/b21-16+. The first-order valence-electron chi connectivity index (χ1n) is 8.84. The Morgan fingerprint density at radius 3 is 2.46 bits per heavy atom. The quantitative estimate of drug-likeness (QED) is 0.438. The summed E-state index contributed by atoms with van der Waals surface area (Å²) in [6.07, 6.45) is 10.9. The number of unbranched alkanes of at least 4 members (excludes halogenated alkanes) is 5. The number of rotatable bonds is 10. The van der Waals surface area contributed by atoms with Crippen molar-refractivity contribution in [1.82, 2.24) is 4.98 Å². The highest BCUT2D eigenvalue weighted by Gasteiger charge is 2.00. The van der Waals surface area contributed by atoms with Crippen molar-refractivity contribution in [2.75, 3.05) is 6.61 Å². The maximum atomic E-state index is 10.1. The van der Waals surface area contributed by atoms with Crippen LogP contribution in [-0.2, 0) is 0 Å². The normalized spacial score (nSPS) is 11.5.